The van der Waals surface area contributed by atoms with Crippen LogP contribution >= 0.6 is 0 Å². The smallest absolute Gasteiger partial charge is 0.338 e. The molecule has 1 rings (SSSR count). The molecule has 0 aliphatic carbocycles. The van der Waals surface area contributed by atoms with Crippen LogP contribution in [-0.2, 0) is 14.2 Å². The van der Waals surface area contributed by atoms with Crippen LogP contribution in [0.25, 0.3) is 0 Å². The number of rotatable bonds is 10. The third-order valence-electron chi connectivity index (χ3n) is 4.32. The summed E-state index contributed by atoms with van der Waals surface area (Å²) in [6.45, 7) is 10.7. The van der Waals surface area contributed by atoms with E-state index in [9.17, 15) is 4.79 Å². The molecular weight excluding hydrogens is 308 g/mol. The van der Waals surface area contributed by atoms with Crippen molar-refractivity contribution < 1.29 is 19.0 Å². The van der Waals surface area contributed by atoms with Crippen molar-refractivity contribution in [1.82, 2.24) is 0 Å². The Morgan fingerprint density at radius 1 is 1.04 bits per heavy atom. The highest BCUT2D eigenvalue weighted by atomic mass is 28.4. The van der Waals surface area contributed by atoms with E-state index in [0.717, 1.165) is 18.1 Å². The molecule has 1 aromatic rings. The highest BCUT2D eigenvalue weighted by Crippen LogP contribution is 2.26. The molecule has 0 saturated carbocycles. The van der Waals surface area contributed by atoms with Gasteiger partial charge in [0, 0.05) is 6.42 Å². The summed E-state index contributed by atoms with van der Waals surface area (Å²) < 4.78 is 11.2. The zero-order valence-electron chi connectivity index (χ0n) is 15.1. The second-order valence-corrected chi connectivity index (χ2v) is 11.1. The maximum absolute atomic E-state index is 11.9. The molecule has 0 amide bonds. The Kier molecular flexibility index (Phi) is 7.95. The molecule has 0 aliphatic rings. The van der Waals surface area contributed by atoms with Crippen molar-refractivity contribution in [3.63, 3.8) is 0 Å². The molecule has 0 saturated heterocycles. The molecule has 0 unspecified atom stereocenters. The maximum atomic E-state index is 11.9. The van der Waals surface area contributed by atoms with Crippen molar-refractivity contribution in [2.24, 2.45) is 0 Å². The van der Waals surface area contributed by atoms with Crippen LogP contribution < -0.4 is 0 Å². The first kappa shape index (κ1) is 19.9. The first-order valence-corrected chi connectivity index (χ1v) is 11.0. The maximum Gasteiger partial charge on any atom is 0.338 e. The molecule has 23 heavy (non-hydrogen) atoms. The second-order valence-electron chi connectivity index (χ2n) is 6.42. The van der Waals surface area contributed by atoms with E-state index in [0.29, 0.717) is 18.6 Å². The van der Waals surface area contributed by atoms with Crippen molar-refractivity contribution in [3.8, 4) is 0 Å². The van der Waals surface area contributed by atoms with Gasteiger partial charge in [-0.2, -0.15) is 0 Å². The van der Waals surface area contributed by atoms with E-state index >= 15 is 0 Å². The summed E-state index contributed by atoms with van der Waals surface area (Å²) in [5.41, 5.74) is 0.0891. The van der Waals surface area contributed by atoms with Gasteiger partial charge in [-0.15, -0.1) is 0 Å². The predicted molar refractivity (Wildman–Crippen MR) is 94.8 cm³/mol. The molecule has 0 atom stereocenters. The van der Waals surface area contributed by atoms with Gasteiger partial charge in [0.15, 0.2) is 0 Å². The van der Waals surface area contributed by atoms with Crippen LogP contribution in [0.5, 0.6) is 0 Å². The molecule has 0 aliphatic heterocycles. The van der Waals surface area contributed by atoms with E-state index in [2.05, 4.69) is 20.8 Å². The van der Waals surface area contributed by atoms with Gasteiger partial charge in [0.25, 0.3) is 0 Å². The van der Waals surface area contributed by atoms with Crippen molar-refractivity contribution in [2.45, 2.75) is 64.8 Å². The summed E-state index contributed by atoms with van der Waals surface area (Å²) in [4.78, 5) is 17.6. The van der Waals surface area contributed by atoms with Gasteiger partial charge in [-0.05, 0) is 44.1 Å². The van der Waals surface area contributed by atoms with E-state index in [4.69, 9.17) is 14.2 Å². The average Bonchev–Trinajstić information content (AvgIpc) is 2.57. The number of carbonyl (C=O) groups is 1. The lowest BCUT2D eigenvalue weighted by Crippen LogP contribution is -2.40. The second kappa shape index (κ2) is 9.20. The molecule has 130 valence electrons. The van der Waals surface area contributed by atoms with Crippen LogP contribution in [0.2, 0.25) is 18.1 Å². The largest absolute Gasteiger partial charge is 0.462 e. The SMILES string of the molecule is CC[Si](CC)(CC)OOC(C)(C)CCOC(=O)c1ccccc1. The number of esters is 1. The van der Waals surface area contributed by atoms with E-state index < -0.39 is 13.9 Å². The fraction of sp³-hybridized carbons (Fsp3) is 0.611. The van der Waals surface area contributed by atoms with Gasteiger partial charge in [-0.3, -0.25) is 4.58 Å². The summed E-state index contributed by atoms with van der Waals surface area (Å²) >= 11 is 0. The van der Waals surface area contributed by atoms with Crippen LogP contribution in [0.15, 0.2) is 30.3 Å². The Hall–Kier alpha value is -1.17. The molecule has 0 heterocycles. The Morgan fingerprint density at radius 2 is 1.61 bits per heavy atom. The van der Waals surface area contributed by atoms with E-state index in [1.165, 1.54) is 0 Å². The van der Waals surface area contributed by atoms with Crippen molar-refractivity contribution >= 4 is 14.3 Å². The first-order valence-electron chi connectivity index (χ1n) is 8.47. The lowest BCUT2D eigenvalue weighted by Gasteiger charge is -2.32. The van der Waals surface area contributed by atoms with Crippen LogP contribution in [0, 0.1) is 0 Å². The lowest BCUT2D eigenvalue weighted by molar-refractivity contribution is -0.295. The highest BCUT2D eigenvalue weighted by molar-refractivity contribution is 6.73. The normalized spacial score (nSPS) is 12.2. The molecule has 5 heteroatoms. The number of carbonyl (C=O) groups excluding carboxylic acids is 1. The molecule has 0 radical (unpaired) electrons. The third-order valence-corrected chi connectivity index (χ3v) is 8.63. The number of benzene rings is 1. The van der Waals surface area contributed by atoms with Crippen LogP contribution in [0.3, 0.4) is 0 Å². The standard InChI is InChI=1S/C18H30O4Si/c1-6-23(7-2,8-3)22-21-18(4,5)14-15-20-17(19)16-12-10-9-11-13-16/h9-13H,6-8,14-15H2,1-5H3. The minimum absolute atomic E-state index is 0.304. The minimum Gasteiger partial charge on any atom is -0.462 e. The fourth-order valence-electron chi connectivity index (χ4n) is 2.22. The third kappa shape index (κ3) is 6.45. The zero-order valence-corrected chi connectivity index (χ0v) is 16.1. The zero-order chi connectivity index (χ0) is 17.3. The molecule has 4 nitrogen and oxygen atoms in total. The van der Waals surface area contributed by atoms with Gasteiger partial charge in [0.2, 0.25) is 8.32 Å². The summed E-state index contributed by atoms with van der Waals surface area (Å²) in [5.74, 6) is -0.304. The molecule has 0 spiro atoms. The molecule has 0 fully saturated rings. The van der Waals surface area contributed by atoms with E-state index in [1.54, 1.807) is 12.1 Å². The summed E-state index contributed by atoms with van der Waals surface area (Å²) in [6, 6.07) is 12.1. The number of hydrogen-bond acceptors (Lipinski definition) is 4. The Bertz CT molecular complexity index is 461. The molecule has 0 aromatic heterocycles. The lowest BCUT2D eigenvalue weighted by atomic mass is 10.1. The summed E-state index contributed by atoms with van der Waals surface area (Å²) in [5, 5.41) is 0. The van der Waals surface area contributed by atoms with Crippen molar-refractivity contribution in [2.75, 3.05) is 6.61 Å². The summed E-state index contributed by atoms with van der Waals surface area (Å²) in [7, 11) is -1.77. The Labute approximate surface area is 141 Å². The topological polar surface area (TPSA) is 44.8 Å². The fourth-order valence-corrected chi connectivity index (χ4v) is 4.47. The molecule has 1 aromatic carbocycles. The Morgan fingerprint density at radius 3 is 2.13 bits per heavy atom. The monoisotopic (exact) mass is 338 g/mol. The van der Waals surface area contributed by atoms with Gasteiger partial charge < -0.3 is 4.74 Å². The average molecular weight is 339 g/mol. The Balaban J connectivity index is 2.42. The van der Waals surface area contributed by atoms with Crippen LogP contribution in [0.4, 0.5) is 0 Å². The van der Waals surface area contributed by atoms with Crippen LogP contribution in [0.1, 0.15) is 51.4 Å². The number of ether oxygens (including phenoxy) is 1. The quantitative estimate of drug-likeness (QED) is 0.262. The minimum atomic E-state index is -1.77. The van der Waals surface area contributed by atoms with Gasteiger partial charge >= 0.3 is 5.97 Å². The van der Waals surface area contributed by atoms with Gasteiger partial charge in [-0.25, -0.2) is 9.68 Å². The van der Waals surface area contributed by atoms with Gasteiger partial charge in [0.1, 0.15) is 0 Å². The van der Waals surface area contributed by atoms with Gasteiger partial charge in [-0.1, -0.05) is 39.0 Å². The number of hydrogen-bond donors (Lipinski definition) is 0. The van der Waals surface area contributed by atoms with E-state index in [-0.39, 0.29) is 5.97 Å². The molecule has 0 bridgehead atoms. The summed E-state index contributed by atoms with van der Waals surface area (Å²) in [6.07, 6.45) is 0.590. The first-order chi connectivity index (χ1) is 10.9. The highest BCUT2D eigenvalue weighted by Gasteiger charge is 2.33. The molecular formula is C18H30O4Si. The van der Waals surface area contributed by atoms with Crippen LogP contribution in [-0.4, -0.2) is 26.5 Å². The van der Waals surface area contributed by atoms with Gasteiger partial charge in [0.05, 0.1) is 17.8 Å². The van der Waals surface area contributed by atoms with Crippen molar-refractivity contribution in [3.05, 3.63) is 35.9 Å². The molecule has 0 N–H and O–H groups in total. The van der Waals surface area contributed by atoms with Crippen molar-refractivity contribution in [1.29, 1.82) is 0 Å². The van der Waals surface area contributed by atoms with E-state index in [1.807, 2.05) is 32.0 Å². The predicted octanol–water partition coefficient (Wildman–Crippen LogP) is 4.97.